The molecule has 1 N–H and O–H groups in total. The van der Waals surface area contributed by atoms with Gasteiger partial charge in [0.25, 0.3) is 0 Å². The van der Waals surface area contributed by atoms with E-state index in [1.165, 1.54) is 12.1 Å². The zero-order valence-corrected chi connectivity index (χ0v) is 20.1. The van der Waals surface area contributed by atoms with E-state index in [-0.39, 0.29) is 59.9 Å². The highest BCUT2D eigenvalue weighted by Crippen LogP contribution is 2.30. The third-order valence-electron chi connectivity index (χ3n) is 3.87. The molecule has 1 rings (SSSR count). The lowest BCUT2D eigenvalue weighted by Gasteiger charge is -2.25. The van der Waals surface area contributed by atoms with Crippen molar-refractivity contribution in [1.82, 2.24) is 5.32 Å². The first-order chi connectivity index (χ1) is 13.3. The topological polar surface area (TPSA) is 81.7 Å². The van der Waals surface area contributed by atoms with Gasteiger partial charge in [-0.1, -0.05) is 27.7 Å². The van der Waals surface area contributed by atoms with Crippen LogP contribution in [0.2, 0.25) is 0 Å². The number of ketones is 1. The SMILES string of the molecule is CC(C)CC(=O)Oc1ccc(C(=O)C(C)NC(C)(C)C)cc1OC(=O)CC(C)C.Cl. The van der Waals surface area contributed by atoms with Crippen LogP contribution in [-0.2, 0) is 9.59 Å². The van der Waals surface area contributed by atoms with Gasteiger partial charge in [-0.25, -0.2) is 0 Å². The normalized spacial score (nSPS) is 12.3. The van der Waals surface area contributed by atoms with Crippen LogP contribution in [0.15, 0.2) is 18.2 Å². The third kappa shape index (κ3) is 10.2. The number of rotatable bonds is 9. The van der Waals surface area contributed by atoms with Crippen LogP contribution < -0.4 is 14.8 Å². The maximum Gasteiger partial charge on any atom is 0.311 e. The van der Waals surface area contributed by atoms with Gasteiger partial charge in [-0.2, -0.15) is 0 Å². The van der Waals surface area contributed by atoms with Crippen molar-refractivity contribution in [3.05, 3.63) is 23.8 Å². The lowest BCUT2D eigenvalue weighted by Crippen LogP contribution is -2.46. The van der Waals surface area contributed by atoms with Crippen molar-refractivity contribution in [2.75, 3.05) is 0 Å². The molecule has 30 heavy (non-hydrogen) atoms. The molecule has 1 atom stereocenters. The summed E-state index contributed by atoms with van der Waals surface area (Å²) in [6.45, 7) is 15.4. The summed E-state index contributed by atoms with van der Waals surface area (Å²) in [7, 11) is 0. The van der Waals surface area contributed by atoms with Crippen LogP contribution >= 0.6 is 12.4 Å². The molecular weight excluding hydrogens is 406 g/mol. The molecule has 0 spiro atoms. The van der Waals surface area contributed by atoms with Gasteiger partial charge in [0.05, 0.1) is 6.04 Å². The fraction of sp³-hybridized carbons (Fsp3) is 0.609. The number of halogens is 1. The molecule has 0 aromatic heterocycles. The second kappa shape index (κ2) is 12.1. The van der Waals surface area contributed by atoms with E-state index in [0.29, 0.717) is 5.56 Å². The molecule has 0 aliphatic carbocycles. The summed E-state index contributed by atoms with van der Waals surface area (Å²) in [5.74, 6) is -0.507. The first-order valence-corrected chi connectivity index (χ1v) is 10.2. The second-order valence-electron chi connectivity index (χ2n) is 9.29. The molecule has 0 saturated heterocycles. The Balaban J connectivity index is 0.00000841. The molecule has 0 heterocycles. The van der Waals surface area contributed by atoms with Crippen LogP contribution in [0.1, 0.15) is 78.6 Å². The van der Waals surface area contributed by atoms with Crippen LogP contribution in [-0.4, -0.2) is 29.3 Å². The molecule has 6 nitrogen and oxygen atoms in total. The molecule has 1 aromatic rings. The van der Waals surface area contributed by atoms with E-state index in [1.54, 1.807) is 13.0 Å². The molecule has 1 unspecified atom stereocenters. The van der Waals surface area contributed by atoms with Crippen molar-refractivity contribution >= 4 is 30.1 Å². The Bertz CT molecular complexity index is 738. The number of hydrogen-bond donors (Lipinski definition) is 1. The molecule has 0 bridgehead atoms. The van der Waals surface area contributed by atoms with Gasteiger partial charge < -0.3 is 14.8 Å². The third-order valence-corrected chi connectivity index (χ3v) is 3.87. The van der Waals surface area contributed by atoms with Crippen molar-refractivity contribution in [2.24, 2.45) is 11.8 Å². The second-order valence-corrected chi connectivity index (χ2v) is 9.29. The number of nitrogens with one attached hydrogen (secondary N) is 1. The van der Waals surface area contributed by atoms with Crippen LogP contribution in [0.4, 0.5) is 0 Å². The number of benzene rings is 1. The zero-order valence-electron chi connectivity index (χ0n) is 19.3. The van der Waals surface area contributed by atoms with E-state index in [4.69, 9.17) is 9.47 Å². The van der Waals surface area contributed by atoms with E-state index < -0.39 is 18.0 Å². The summed E-state index contributed by atoms with van der Waals surface area (Å²) in [5, 5.41) is 3.23. The highest BCUT2D eigenvalue weighted by Gasteiger charge is 2.23. The summed E-state index contributed by atoms with van der Waals surface area (Å²) in [6, 6.07) is 4.14. The first-order valence-electron chi connectivity index (χ1n) is 10.2. The fourth-order valence-corrected chi connectivity index (χ4v) is 2.79. The Morgan fingerprint density at radius 3 is 1.77 bits per heavy atom. The molecule has 0 saturated carbocycles. The quantitative estimate of drug-likeness (QED) is 0.331. The van der Waals surface area contributed by atoms with Gasteiger partial charge in [-0.15, -0.1) is 12.4 Å². The number of carbonyl (C=O) groups is 3. The molecule has 0 aliphatic rings. The molecule has 1 aromatic carbocycles. The van der Waals surface area contributed by atoms with Crippen LogP contribution in [0.25, 0.3) is 0 Å². The minimum atomic E-state index is -0.438. The van der Waals surface area contributed by atoms with Gasteiger partial charge in [-0.05, 0) is 57.7 Å². The number of ether oxygens (including phenoxy) is 2. The summed E-state index contributed by atoms with van der Waals surface area (Å²) >= 11 is 0. The van der Waals surface area contributed by atoms with E-state index in [1.807, 2.05) is 48.5 Å². The fourth-order valence-electron chi connectivity index (χ4n) is 2.79. The Morgan fingerprint density at radius 2 is 1.33 bits per heavy atom. The maximum absolute atomic E-state index is 12.8. The molecular formula is C23H36ClNO5. The van der Waals surface area contributed by atoms with E-state index in [0.717, 1.165) is 0 Å². The Morgan fingerprint density at radius 1 is 0.867 bits per heavy atom. The summed E-state index contributed by atoms with van der Waals surface area (Å²) in [4.78, 5) is 37.1. The summed E-state index contributed by atoms with van der Waals surface area (Å²) in [5.41, 5.74) is 0.152. The van der Waals surface area contributed by atoms with Crippen LogP contribution in [0.5, 0.6) is 11.5 Å². The molecule has 0 radical (unpaired) electrons. The Labute approximate surface area is 186 Å². The Hall–Kier alpha value is -1.92. The standard InChI is InChI=1S/C23H35NO5.ClH/c1-14(2)11-20(25)28-18-10-9-17(22(27)16(5)24-23(6,7)8)13-19(18)29-21(26)12-15(3)4;/h9-10,13-16,24H,11-12H2,1-8H3;1H. The highest BCUT2D eigenvalue weighted by molar-refractivity contribution is 6.00. The average molecular weight is 442 g/mol. The number of esters is 2. The number of carbonyl (C=O) groups excluding carboxylic acids is 3. The van der Waals surface area contributed by atoms with Gasteiger partial charge in [0.1, 0.15) is 0 Å². The predicted molar refractivity (Wildman–Crippen MR) is 121 cm³/mol. The van der Waals surface area contributed by atoms with Gasteiger partial charge in [0.15, 0.2) is 17.3 Å². The number of Topliss-reactive ketones (excluding diaryl/α,β-unsaturated/α-hetero) is 1. The average Bonchev–Trinajstić information content (AvgIpc) is 2.52. The monoisotopic (exact) mass is 441 g/mol. The molecule has 7 heteroatoms. The largest absolute Gasteiger partial charge is 0.423 e. The van der Waals surface area contributed by atoms with Gasteiger partial charge in [0.2, 0.25) is 0 Å². The zero-order chi connectivity index (χ0) is 22.4. The van der Waals surface area contributed by atoms with Crippen LogP contribution in [0, 0.1) is 11.8 Å². The molecule has 170 valence electrons. The van der Waals surface area contributed by atoms with E-state index in [2.05, 4.69) is 5.32 Å². The van der Waals surface area contributed by atoms with Gasteiger partial charge in [-0.3, -0.25) is 14.4 Å². The van der Waals surface area contributed by atoms with Crippen molar-refractivity contribution < 1.29 is 23.9 Å². The minimum Gasteiger partial charge on any atom is -0.423 e. The van der Waals surface area contributed by atoms with Crippen molar-refractivity contribution in [3.63, 3.8) is 0 Å². The minimum absolute atomic E-state index is 0. The Kier molecular flexibility index (Phi) is 11.3. The van der Waals surface area contributed by atoms with Gasteiger partial charge in [0, 0.05) is 23.9 Å². The predicted octanol–water partition coefficient (Wildman–Crippen LogP) is 4.97. The number of hydrogen-bond acceptors (Lipinski definition) is 6. The van der Waals surface area contributed by atoms with Crippen molar-refractivity contribution in [1.29, 1.82) is 0 Å². The maximum atomic E-state index is 12.8. The lowest BCUT2D eigenvalue weighted by atomic mass is 10.0. The van der Waals surface area contributed by atoms with Gasteiger partial charge >= 0.3 is 11.9 Å². The molecule has 0 fully saturated rings. The molecule has 0 aliphatic heterocycles. The van der Waals surface area contributed by atoms with Crippen molar-refractivity contribution in [2.45, 2.75) is 79.8 Å². The summed E-state index contributed by atoms with van der Waals surface area (Å²) in [6.07, 6.45) is 0.464. The van der Waals surface area contributed by atoms with E-state index >= 15 is 0 Å². The lowest BCUT2D eigenvalue weighted by molar-refractivity contribution is -0.138. The van der Waals surface area contributed by atoms with Crippen LogP contribution in [0.3, 0.4) is 0 Å². The van der Waals surface area contributed by atoms with Crippen molar-refractivity contribution in [3.8, 4) is 11.5 Å². The first kappa shape index (κ1) is 28.1. The highest BCUT2D eigenvalue weighted by atomic mass is 35.5. The molecule has 0 amide bonds. The van der Waals surface area contributed by atoms with E-state index in [9.17, 15) is 14.4 Å². The summed E-state index contributed by atoms with van der Waals surface area (Å²) < 4.78 is 10.8. The smallest absolute Gasteiger partial charge is 0.311 e.